The van der Waals surface area contributed by atoms with Crippen LogP contribution in [0.4, 0.5) is 13.2 Å². The Balaban J connectivity index is 1.99. The summed E-state index contributed by atoms with van der Waals surface area (Å²) in [5.41, 5.74) is 3.12. The largest absolute Gasteiger partial charge is 0.411 e. The van der Waals surface area contributed by atoms with E-state index in [2.05, 4.69) is 15.3 Å². The highest BCUT2D eigenvalue weighted by atomic mass is 32.1. The molecule has 1 aromatic heterocycles. The average molecular weight is 319 g/mol. The highest BCUT2D eigenvalue weighted by Gasteiger charge is 2.27. The molecule has 0 aliphatic heterocycles. The van der Waals surface area contributed by atoms with E-state index in [0.717, 1.165) is 10.2 Å². The van der Waals surface area contributed by atoms with Crippen molar-refractivity contribution in [3.63, 3.8) is 0 Å². The van der Waals surface area contributed by atoms with E-state index in [1.54, 1.807) is 11.6 Å². The van der Waals surface area contributed by atoms with Crippen molar-refractivity contribution in [1.29, 1.82) is 0 Å². The Morgan fingerprint density at radius 2 is 2.14 bits per heavy atom. The maximum atomic E-state index is 11.8. The third-order valence-electron chi connectivity index (χ3n) is 2.49. The Bertz CT molecular complexity index is 706. The normalized spacial score (nSPS) is 12.9. The van der Waals surface area contributed by atoms with Crippen LogP contribution in [0, 0.1) is 0 Å². The number of ether oxygens (including phenoxy) is 1. The van der Waals surface area contributed by atoms with Gasteiger partial charge in [0, 0.05) is 7.05 Å². The minimum Gasteiger partial charge on any atom is -0.362 e. The van der Waals surface area contributed by atoms with E-state index in [9.17, 15) is 18.0 Å². The minimum absolute atomic E-state index is 0.528. The number of thiazole rings is 1. The summed E-state index contributed by atoms with van der Waals surface area (Å²) in [6.07, 6.45) is -4.45. The van der Waals surface area contributed by atoms with Crippen LogP contribution in [-0.4, -0.2) is 29.9 Å². The predicted molar refractivity (Wildman–Crippen MR) is 71.4 cm³/mol. The number of nitrogens with zero attached hydrogens (tertiary/aromatic N) is 2. The Morgan fingerprint density at radius 1 is 1.43 bits per heavy atom. The van der Waals surface area contributed by atoms with Crippen LogP contribution in [0.3, 0.4) is 0 Å². The van der Waals surface area contributed by atoms with E-state index in [1.165, 1.54) is 11.3 Å². The number of rotatable bonds is 4. The molecule has 1 amide bonds. The maximum absolute atomic E-state index is 11.8. The molecule has 5 nitrogen and oxygen atoms in total. The van der Waals surface area contributed by atoms with Crippen LogP contribution < -0.4 is 10.2 Å². The first-order valence-corrected chi connectivity index (χ1v) is 6.70. The van der Waals surface area contributed by atoms with E-state index < -0.39 is 25.3 Å². The number of para-hydroxylation sites is 1. The number of aryl methyl sites for hydroxylation is 1. The Morgan fingerprint density at radius 3 is 2.81 bits per heavy atom. The van der Waals surface area contributed by atoms with Crippen LogP contribution in [0.1, 0.15) is 0 Å². The van der Waals surface area contributed by atoms with Crippen molar-refractivity contribution in [2.45, 2.75) is 6.18 Å². The first-order chi connectivity index (χ1) is 9.87. The van der Waals surface area contributed by atoms with Crippen LogP contribution in [0.25, 0.3) is 10.2 Å². The van der Waals surface area contributed by atoms with Gasteiger partial charge in [0.25, 0.3) is 5.91 Å². The summed E-state index contributed by atoms with van der Waals surface area (Å²) in [6.45, 7) is -2.16. The number of alkyl halides is 3. The molecule has 2 aromatic rings. The first-order valence-electron chi connectivity index (χ1n) is 5.88. The summed E-state index contributed by atoms with van der Waals surface area (Å²) >= 11 is 1.35. The van der Waals surface area contributed by atoms with E-state index in [1.807, 2.05) is 24.3 Å². The van der Waals surface area contributed by atoms with Crippen molar-refractivity contribution >= 4 is 27.5 Å². The van der Waals surface area contributed by atoms with Gasteiger partial charge in [-0.2, -0.15) is 13.2 Å². The van der Waals surface area contributed by atoms with Gasteiger partial charge in [-0.1, -0.05) is 23.5 Å². The number of benzene rings is 1. The van der Waals surface area contributed by atoms with Gasteiger partial charge in [-0.3, -0.25) is 4.79 Å². The van der Waals surface area contributed by atoms with Crippen molar-refractivity contribution in [3.8, 4) is 0 Å². The van der Waals surface area contributed by atoms with E-state index in [4.69, 9.17) is 0 Å². The van der Waals surface area contributed by atoms with E-state index in [0.29, 0.717) is 4.80 Å². The summed E-state index contributed by atoms with van der Waals surface area (Å²) in [7, 11) is 1.78. The summed E-state index contributed by atoms with van der Waals surface area (Å²) in [5, 5.41) is 3.88. The van der Waals surface area contributed by atoms with Crippen molar-refractivity contribution in [2.75, 3.05) is 13.2 Å². The summed E-state index contributed by atoms with van der Waals surface area (Å²) in [6, 6.07) is 7.57. The molecule has 0 aliphatic rings. The molecular weight excluding hydrogens is 307 g/mol. The molecule has 114 valence electrons. The lowest BCUT2D eigenvalue weighted by Gasteiger charge is -2.06. The molecule has 0 atom stereocenters. The van der Waals surface area contributed by atoms with Gasteiger partial charge in [-0.25, -0.2) is 5.43 Å². The zero-order valence-electron chi connectivity index (χ0n) is 11.0. The number of hydrogen-bond acceptors (Lipinski definition) is 4. The first kappa shape index (κ1) is 15.5. The molecule has 21 heavy (non-hydrogen) atoms. The standard InChI is InChI=1S/C12H12F3N3O2S/c1-18-8-4-2-3-5-9(8)21-11(18)17-16-10(19)6-20-7-12(13,14)15/h2-5H,6-7H2,1H3,(H,16,19)/b17-11+. The number of fused-ring (bicyclic) bond motifs is 1. The lowest BCUT2D eigenvalue weighted by Crippen LogP contribution is -2.28. The van der Waals surface area contributed by atoms with Gasteiger partial charge in [0.1, 0.15) is 13.2 Å². The number of carbonyl (C=O) groups excluding carboxylic acids is 1. The lowest BCUT2D eigenvalue weighted by atomic mass is 10.3. The predicted octanol–water partition coefficient (Wildman–Crippen LogP) is 1.75. The van der Waals surface area contributed by atoms with Crippen LogP contribution >= 0.6 is 11.3 Å². The Hall–Kier alpha value is -1.87. The molecular formula is C12H12F3N3O2S. The van der Waals surface area contributed by atoms with Crippen LogP contribution in [0.15, 0.2) is 29.4 Å². The number of hydrogen-bond donors (Lipinski definition) is 1. The van der Waals surface area contributed by atoms with E-state index in [-0.39, 0.29) is 0 Å². The third kappa shape index (κ3) is 4.30. The fraction of sp³-hybridized carbons (Fsp3) is 0.333. The van der Waals surface area contributed by atoms with Gasteiger partial charge >= 0.3 is 6.18 Å². The summed E-state index contributed by atoms with van der Waals surface area (Å²) in [5.74, 6) is -0.739. The van der Waals surface area contributed by atoms with Crippen molar-refractivity contribution in [3.05, 3.63) is 29.1 Å². The highest BCUT2D eigenvalue weighted by molar-refractivity contribution is 7.16. The molecule has 0 radical (unpaired) electrons. The second kappa shape index (κ2) is 6.27. The second-order valence-electron chi connectivity index (χ2n) is 4.17. The van der Waals surface area contributed by atoms with Gasteiger partial charge in [-0.15, -0.1) is 5.10 Å². The fourth-order valence-electron chi connectivity index (χ4n) is 1.59. The van der Waals surface area contributed by atoms with Crippen LogP contribution in [0.5, 0.6) is 0 Å². The molecule has 0 aliphatic carbocycles. The van der Waals surface area contributed by atoms with Crippen molar-refractivity contribution < 1.29 is 22.7 Å². The number of halogens is 3. The Labute approximate surface area is 121 Å². The van der Waals surface area contributed by atoms with Crippen molar-refractivity contribution in [1.82, 2.24) is 9.99 Å². The second-order valence-corrected chi connectivity index (χ2v) is 5.18. The molecule has 0 fully saturated rings. The monoisotopic (exact) mass is 319 g/mol. The van der Waals surface area contributed by atoms with E-state index >= 15 is 0 Å². The molecule has 2 rings (SSSR count). The lowest BCUT2D eigenvalue weighted by molar-refractivity contribution is -0.175. The zero-order chi connectivity index (χ0) is 15.5. The highest BCUT2D eigenvalue weighted by Crippen LogP contribution is 2.15. The average Bonchev–Trinajstić information content (AvgIpc) is 2.72. The SMILES string of the molecule is Cn1/c(=N\NC(=O)COCC(F)(F)F)sc2ccccc21. The molecule has 1 aromatic carbocycles. The van der Waals surface area contributed by atoms with Gasteiger partial charge in [0.05, 0.1) is 10.2 Å². The van der Waals surface area contributed by atoms with Gasteiger partial charge in [0.15, 0.2) is 0 Å². The minimum atomic E-state index is -4.45. The molecule has 1 heterocycles. The quantitative estimate of drug-likeness (QED) is 0.873. The summed E-state index contributed by atoms with van der Waals surface area (Å²) in [4.78, 5) is 11.9. The van der Waals surface area contributed by atoms with Crippen LogP contribution in [-0.2, 0) is 16.6 Å². The number of aromatic nitrogens is 1. The van der Waals surface area contributed by atoms with Gasteiger partial charge in [-0.05, 0) is 12.1 Å². The number of nitrogens with one attached hydrogen (secondary N) is 1. The molecule has 9 heteroatoms. The van der Waals surface area contributed by atoms with Crippen molar-refractivity contribution in [2.24, 2.45) is 12.1 Å². The summed E-state index contributed by atoms with van der Waals surface area (Å²) < 4.78 is 42.5. The molecule has 0 saturated heterocycles. The molecule has 1 N–H and O–H groups in total. The number of amides is 1. The molecule has 0 unspecified atom stereocenters. The molecule has 0 bridgehead atoms. The molecule has 0 saturated carbocycles. The maximum Gasteiger partial charge on any atom is 0.411 e. The topological polar surface area (TPSA) is 55.6 Å². The number of carbonyl (C=O) groups is 1. The van der Waals surface area contributed by atoms with Gasteiger partial charge in [0.2, 0.25) is 4.80 Å². The molecule has 0 spiro atoms. The smallest absolute Gasteiger partial charge is 0.362 e. The zero-order valence-corrected chi connectivity index (χ0v) is 11.8. The van der Waals surface area contributed by atoms with Gasteiger partial charge < -0.3 is 9.30 Å². The Kier molecular flexibility index (Phi) is 4.63. The third-order valence-corrected chi connectivity index (χ3v) is 3.60. The fourth-order valence-corrected chi connectivity index (χ4v) is 2.57. The van der Waals surface area contributed by atoms with Crippen LogP contribution in [0.2, 0.25) is 0 Å².